The second-order valence-corrected chi connectivity index (χ2v) is 7.09. The smallest absolute Gasteiger partial charge is 0.223 e. The van der Waals surface area contributed by atoms with Crippen molar-refractivity contribution in [2.24, 2.45) is 0 Å². The van der Waals surface area contributed by atoms with E-state index >= 15 is 0 Å². The largest absolute Gasteiger partial charge is 0.508 e. The zero-order valence-corrected chi connectivity index (χ0v) is 16.2. The summed E-state index contributed by atoms with van der Waals surface area (Å²) in [6.45, 7) is 3.79. The van der Waals surface area contributed by atoms with E-state index in [0.29, 0.717) is 31.2 Å². The molecule has 0 saturated carbocycles. The van der Waals surface area contributed by atoms with Crippen LogP contribution in [0.3, 0.4) is 0 Å². The van der Waals surface area contributed by atoms with Crippen LogP contribution in [-0.4, -0.2) is 44.1 Å². The van der Waals surface area contributed by atoms with E-state index in [0.717, 1.165) is 35.4 Å². The predicted octanol–water partition coefficient (Wildman–Crippen LogP) is 3.14. The van der Waals surface area contributed by atoms with Crippen molar-refractivity contribution in [1.29, 1.82) is 5.26 Å². The first-order chi connectivity index (χ1) is 14.1. The predicted molar refractivity (Wildman–Crippen MR) is 108 cm³/mol. The summed E-state index contributed by atoms with van der Waals surface area (Å²) < 4.78 is 7.15. The molecule has 1 aliphatic rings. The molecule has 8 heteroatoms. The van der Waals surface area contributed by atoms with Crippen molar-refractivity contribution >= 4 is 5.95 Å². The van der Waals surface area contributed by atoms with Crippen LogP contribution in [0.4, 0.5) is 5.95 Å². The number of anilines is 1. The molecule has 2 aromatic heterocycles. The van der Waals surface area contributed by atoms with E-state index in [2.05, 4.69) is 26.5 Å². The van der Waals surface area contributed by atoms with Gasteiger partial charge in [0.25, 0.3) is 0 Å². The SMILES string of the molecule is Cc1cc(O)cc(-c2nn(CCC#N)cc2-c2ccnc(NC3CCOC3)n2)c1. The van der Waals surface area contributed by atoms with E-state index in [1.807, 2.05) is 25.3 Å². The first kappa shape index (κ1) is 18.9. The number of hydrogen-bond donors (Lipinski definition) is 2. The van der Waals surface area contributed by atoms with Crippen molar-refractivity contribution in [2.45, 2.75) is 32.4 Å². The Labute approximate surface area is 168 Å². The Morgan fingerprint density at radius 1 is 1.38 bits per heavy atom. The van der Waals surface area contributed by atoms with Gasteiger partial charge in [-0.2, -0.15) is 10.4 Å². The molecular weight excluding hydrogens is 368 g/mol. The van der Waals surface area contributed by atoms with Crippen molar-refractivity contribution in [1.82, 2.24) is 19.7 Å². The number of aromatic hydroxyl groups is 1. The van der Waals surface area contributed by atoms with Gasteiger partial charge in [-0.15, -0.1) is 0 Å². The van der Waals surface area contributed by atoms with Gasteiger partial charge in [0.1, 0.15) is 11.4 Å². The third kappa shape index (κ3) is 4.36. The van der Waals surface area contributed by atoms with E-state index in [9.17, 15) is 5.11 Å². The topological polar surface area (TPSA) is 109 Å². The van der Waals surface area contributed by atoms with Gasteiger partial charge in [-0.25, -0.2) is 9.97 Å². The summed E-state index contributed by atoms with van der Waals surface area (Å²) in [5.74, 6) is 0.726. The van der Waals surface area contributed by atoms with Crippen LogP contribution in [-0.2, 0) is 11.3 Å². The van der Waals surface area contributed by atoms with Crippen LogP contribution in [0.25, 0.3) is 22.5 Å². The molecule has 1 aromatic carbocycles. The second kappa shape index (κ2) is 8.29. The van der Waals surface area contributed by atoms with E-state index < -0.39 is 0 Å². The molecule has 0 radical (unpaired) electrons. The first-order valence-corrected chi connectivity index (χ1v) is 9.55. The number of aromatic nitrogens is 4. The summed E-state index contributed by atoms with van der Waals surface area (Å²) in [6, 6.07) is 9.54. The Balaban J connectivity index is 1.73. The fraction of sp³-hybridized carbons (Fsp3) is 0.333. The highest BCUT2D eigenvalue weighted by atomic mass is 16.5. The molecule has 1 aliphatic heterocycles. The minimum Gasteiger partial charge on any atom is -0.508 e. The quantitative estimate of drug-likeness (QED) is 0.665. The Hall–Kier alpha value is -3.44. The lowest BCUT2D eigenvalue weighted by Crippen LogP contribution is -2.20. The molecule has 0 aliphatic carbocycles. The summed E-state index contributed by atoms with van der Waals surface area (Å²) in [6.07, 6.45) is 4.88. The van der Waals surface area contributed by atoms with E-state index in [4.69, 9.17) is 10.00 Å². The van der Waals surface area contributed by atoms with Gasteiger partial charge in [0.05, 0.1) is 37.4 Å². The van der Waals surface area contributed by atoms with E-state index in [1.54, 1.807) is 23.0 Å². The standard InChI is InChI=1S/C21H22N6O2/c1-14-9-15(11-17(28)10-14)20-18(12-27(26-20)7-2-5-22)19-3-6-23-21(25-19)24-16-4-8-29-13-16/h3,6,9-12,16,28H,2,4,7-8,13H2,1H3,(H,23,24,25). The van der Waals surface area contributed by atoms with Crippen LogP contribution >= 0.6 is 0 Å². The van der Waals surface area contributed by atoms with Gasteiger partial charge in [-0.3, -0.25) is 4.68 Å². The number of hydrogen-bond acceptors (Lipinski definition) is 7. The lowest BCUT2D eigenvalue weighted by atomic mass is 10.0. The molecule has 1 unspecified atom stereocenters. The molecule has 3 aromatic rings. The van der Waals surface area contributed by atoms with Crippen molar-refractivity contribution in [3.8, 4) is 34.3 Å². The fourth-order valence-electron chi connectivity index (χ4n) is 3.41. The van der Waals surface area contributed by atoms with Crippen LogP contribution in [0.15, 0.2) is 36.7 Å². The van der Waals surface area contributed by atoms with Gasteiger partial charge in [-0.1, -0.05) is 0 Å². The van der Waals surface area contributed by atoms with Crippen LogP contribution < -0.4 is 5.32 Å². The average molecular weight is 390 g/mol. The van der Waals surface area contributed by atoms with Crippen LogP contribution in [0.1, 0.15) is 18.4 Å². The monoisotopic (exact) mass is 390 g/mol. The summed E-state index contributed by atoms with van der Waals surface area (Å²) >= 11 is 0. The fourth-order valence-corrected chi connectivity index (χ4v) is 3.41. The maximum absolute atomic E-state index is 10.0. The Morgan fingerprint density at radius 3 is 3.03 bits per heavy atom. The molecule has 2 N–H and O–H groups in total. The molecule has 1 atom stereocenters. The van der Waals surface area contributed by atoms with Gasteiger partial charge < -0.3 is 15.2 Å². The van der Waals surface area contributed by atoms with Gasteiger partial charge in [-0.05, 0) is 43.2 Å². The summed E-state index contributed by atoms with van der Waals surface area (Å²) in [7, 11) is 0. The summed E-state index contributed by atoms with van der Waals surface area (Å²) in [4.78, 5) is 9.00. The van der Waals surface area contributed by atoms with E-state index in [1.165, 1.54) is 0 Å². The van der Waals surface area contributed by atoms with Crippen LogP contribution in [0, 0.1) is 18.3 Å². The lowest BCUT2D eigenvalue weighted by Gasteiger charge is -2.11. The first-order valence-electron chi connectivity index (χ1n) is 9.55. The van der Waals surface area contributed by atoms with E-state index in [-0.39, 0.29) is 11.8 Å². The van der Waals surface area contributed by atoms with Gasteiger partial charge in [0.15, 0.2) is 0 Å². The molecule has 0 bridgehead atoms. The zero-order valence-electron chi connectivity index (χ0n) is 16.2. The molecule has 1 saturated heterocycles. The molecule has 3 heterocycles. The minimum atomic E-state index is 0.184. The maximum atomic E-state index is 10.0. The maximum Gasteiger partial charge on any atom is 0.223 e. The van der Waals surface area contributed by atoms with Gasteiger partial charge in [0.2, 0.25) is 5.95 Å². The summed E-state index contributed by atoms with van der Waals surface area (Å²) in [5, 5.41) is 26.9. The van der Waals surface area contributed by atoms with Crippen molar-refractivity contribution in [2.75, 3.05) is 18.5 Å². The number of benzene rings is 1. The molecule has 29 heavy (non-hydrogen) atoms. The Morgan fingerprint density at radius 2 is 2.28 bits per heavy atom. The number of nitrogens with one attached hydrogen (secondary N) is 1. The average Bonchev–Trinajstić information content (AvgIpc) is 3.35. The molecular formula is C21H22N6O2. The van der Waals surface area contributed by atoms with Crippen LogP contribution in [0.2, 0.25) is 0 Å². The molecule has 8 nitrogen and oxygen atoms in total. The number of rotatable bonds is 6. The highest BCUT2D eigenvalue weighted by Gasteiger charge is 2.19. The number of nitriles is 1. The van der Waals surface area contributed by atoms with Crippen molar-refractivity contribution < 1.29 is 9.84 Å². The zero-order chi connectivity index (χ0) is 20.2. The molecule has 0 amide bonds. The normalized spacial score (nSPS) is 15.9. The molecule has 148 valence electrons. The summed E-state index contributed by atoms with van der Waals surface area (Å²) in [5.41, 5.74) is 3.98. The number of phenols is 1. The van der Waals surface area contributed by atoms with Crippen molar-refractivity contribution in [3.05, 3.63) is 42.2 Å². The minimum absolute atomic E-state index is 0.184. The third-order valence-electron chi connectivity index (χ3n) is 4.74. The van der Waals surface area contributed by atoms with Gasteiger partial charge >= 0.3 is 0 Å². The second-order valence-electron chi connectivity index (χ2n) is 7.09. The van der Waals surface area contributed by atoms with Gasteiger partial charge in [0, 0.05) is 30.1 Å². The van der Waals surface area contributed by atoms with Crippen LogP contribution in [0.5, 0.6) is 5.75 Å². The molecule has 4 rings (SSSR count). The lowest BCUT2D eigenvalue weighted by molar-refractivity contribution is 0.195. The Bertz CT molecular complexity index is 1030. The Kier molecular flexibility index (Phi) is 5.40. The number of aryl methyl sites for hydroxylation is 2. The molecule has 1 fully saturated rings. The molecule has 0 spiro atoms. The van der Waals surface area contributed by atoms with Crippen molar-refractivity contribution in [3.63, 3.8) is 0 Å². The number of nitrogens with zero attached hydrogens (tertiary/aromatic N) is 5. The number of ether oxygens (including phenoxy) is 1. The third-order valence-corrected chi connectivity index (χ3v) is 4.74. The highest BCUT2D eigenvalue weighted by Crippen LogP contribution is 2.33. The number of phenolic OH excluding ortho intramolecular Hbond substituents is 1. The highest BCUT2D eigenvalue weighted by molar-refractivity contribution is 5.79.